The lowest BCUT2D eigenvalue weighted by molar-refractivity contribution is -0.137. The van der Waals surface area contributed by atoms with Crippen molar-refractivity contribution in [1.29, 1.82) is 0 Å². The number of alkyl halides is 3. The van der Waals surface area contributed by atoms with Crippen molar-refractivity contribution in [1.82, 2.24) is 0 Å². The van der Waals surface area contributed by atoms with Crippen molar-refractivity contribution in [2.45, 2.75) is 13.1 Å². The maximum Gasteiger partial charge on any atom is 0.416 e. The van der Waals surface area contributed by atoms with E-state index in [0.717, 1.165) is 22.6 Å². The lowest BCUT2D eigenvalue weighted by atomic mass is 10.1. The number of carbonyl (C=O) groups is 2. The maximum absolute atomic E-state index is 13.2. The van der Waals surface area contributed by atoms with Gasteiger partial charge in [0.25, 0.3) is 11.8 Å². The molecule has 3 aromatic rings. The summed E-state index contributed by atoms with van der Waals surface area (Å²) in [6.07, 6.45) is -4.59. The smallest absolute Gasteiger partial charge is 0.350 e. The number of anilines is 2. The Bertz CT molecular complexity index is 1170. The van der Waals surface area contributed by atoms with Crippen LogP contribution in [0.25, 0.3) is 5.57 Å². The van der Waals surface area contributed by atoms with E-state index < -0.39 is 23.6 Å². The van der Waals surface area contributed by atoms with Gasteiger partial charge in [-0.15, -0.1) is 11.3 Å². The Morgan fingerprint density at radius 3 is 2.37 bits per heavy atom. The molecule has 0 saturated carbocycles. The predicted octanol–water partition coefficient (Wildman–Crippen LogP) is 5.47. The predicted molar refractivity (Wildman–Crippen MR) is 110 cm³/mol. The van der Waals surface area contributed by atoms with Crippen LogP contribution in [0.1, 0.15) is 16.0 Å². The van der Waals surface area contributed by atoms with Gasteiger partial charge in [-0.2, -0.15) is 13.2 Å². The molecule has 0 spiro atoms. The molecule has 2 heterocycles. The van der Waals surface area contributed by atoms with Crippen molar-refractivity contribution in [3.63, 3.8) is 0 Å². The second-order valence-corrected chi connectivity index (χ2v) is 7.66. The normalized spacial score (nSPS) is 14.6. The van der Waals surface area contributed by atoms with Gasteiger partial charge < -0.3 is 5.32 Å². The second-order valence-electron chi connectivity index (χ2n) is 6.72. The first-order chi connectivity index (χ1) is 14.3. The molecule has 0 bridgehead atoms. The van der Waals surface area contributed by atoms with Crippen molar-refractivity contribution >= 4 is 40.1 Å². The number of nitrogens with zero attached hydrogens (tertiary/aromatic N) is 1. The topological polar surface area (TPSA) is 49.4 Å². The third-order valence-corrected chi connectivity index (χ3v) is 5.46. The van der Waals surface area contributed by atoms with Crippen LogP contribution >= 0.6 is 11.3 Å². The van der Waals surface area contributed by atoms with E-state index in [1.54, 1.807) is 29.6 Å². The van der Waals surface area contributed by atoms with E-state index in [4.69, 9.17) is 0 Å². The zero-order valence-corrected chi connectivity index (χ0v) is 16.5. The highest BCUT2D eigenvalue weighted by molar-refractivity contribution is 7.11. The number of benzene rings is 2. The average molecular weight is 428 g/mol. The summed E-state index contributed by atoms with van der Waals surface area (Å²) < 4.78 is 39.4. The van der Waals surface area contributed by atoms with Gasteiger partial charge in [0.05, 0.1) is 16.8 Å². The van der Waals surface area contributed by atoms with Gasteiger partial charge in [-0.1, -0.05) is 24.3 Å². The Hall–Kier alpha value is -3.39. The largest absolute Gasteiger partial charge is 0.416 e. The Morgan fingerprint density at radius 1 is 0.933 bits per heavy atom. The fourth-order valence-corrected chi connectivity index (χ4v) is 3.99. The number of thiophene rings is 1. The summed E-state index contributed by atoms with van der Waals surface area (Å²) in [5.74, 6) is -1.37. The van der Waals surface area contributed by atoms with Crippen LogP contribution in [-0.2, 0) is 15.8 Å². The zero-order valence-electron chi connectivity index (χ0n) is 15.7. The van der Waals surface area contributed by atoms with Crippen LogP contribution in [0.5, 0.6) is 0 Å². The van der Waals surface area contributed by atoms with Crippen molar-refractivity contribution in [3.05, 3.63) is 87.7 Å². The Labute approximate surface area is 174 Å². The van der Waals surface area contributed by atoms with E-state index in [2.05, 4.69) is 5.32 Å². The highest BCUT2D eigenvalue weighted by Crippen LogP contribution is 2.37. The van der Waals surface area contributed by atoms with Crippen molar-refractivity contribution in [2.75, 3.05) is 10.2 Å². The van der Waals surface area contributed by atoms with E-state index in [0.29, 0.717) is 10.6 Å². The fraction of sp³-hybridized carbons (Fsp3) is 0.0909. The molecule has 4 rings (SSSR count). The van der Waals surface area contributed by atoms with Crippen molar-refractivity contribution < 1.29 is 22.8 Å². The maximum atomic E-state index is 13.2. The minimum Gasteiger partial charge on any atom is -0.350 e. The third kappa shape index (κ3) is 3.61. The number of carbonyl (C=O) groups excluding carboxylic acids is 2. The Balaban J connectivity index is 1.79. The molecule has 30 heavy (non-hydrogen) atoms. The average Bonchev–Trinajstić information content (AvgIpc) is 3.28. The van der Waals surface area contributed by atoms with Gasteiger partial charge in [0.1, 0.15) is 5.70 Å². The molecule has 0 aliphatic carbocycles. The third-order valence-electron chi connectivity index (χ3n) is 4.57. The standard InChI is InChI=1S/C22H15F3N2O2S/c1-13-5-2-7-15(11-13)26-19-18(17-9-4-10-30-17)20(28)27(21(19)29)16-8-3-6-14(12-16)22(23,24)25/h2-12,26H,1H3. The zero-order chi connectivity index (χ0) is 21.5. The van der Waals surface area contributed by atoms with Gasteiger partial charge in [-0.3, -0.25) is 9.59 Å². The number of rotatable bonds is 4. The first kappa shape index (κ1) is 19.9. The van der Waals surface area contributed by atoms with E-state index in [1.165, 1.54) is 23.5 Å². The van der Waals surface area contributed by atoms with Crippen molar-refractivity contribution in [3.8, 4) is 0 Å². The molecule has 2 aromatic carbocycles. The number of amides is 2. The van der Waals surface area contributed by atoms with Crippen LogP contribution in [0, 0.1) is 6.92 Å². The van der Waals surface area contributed by atoms with Crippen molar-refractivity contribution in [2.24, 2.45) is 0 Å². The number of aryl methyl sites for hydroxylation is 1. The van der Waals surface area contributed by atoms with Crippen LogP contribution < -0.4 is 10.2 Å². The van der Waals surface area contributed by atoms with Gasteiger partial charge in [0, 0.05) is 10.6 Å². The fourth-order valence-electron chi connectivity index (χ4n) is 3.22. The molecule has 0 saturated heterocycles. The number of imide groups is 1. The molecule has 2 amide bonds. The first-order valence-electron chi connectivity index (χ1n) is 8.93. The molecular formula is C22H15F3N2O2S. The molecule has 1 N–H and O–H groups in total. The van der Waals surface area contributed by atoms with Crippen LogP contribution in [0.3, 0.4) is 0 Å². The highest BCUT2D eigenvalue weighted by Gasteiger charge is 2.41. The molecule has 0 atom stereocenters. The summed E-state index contributed by atoms with van der Waals surface area (Å²) in [6, 6.07) is 14.9. The monoisotopic (exact) mass is 428 g/mol. The van der Waals surface area contributed by atoms with Gasteiger partial charge in [-0.25, -0.2) is 4.90 Å². The molecule has 1 aliphatic heterocycles. The van der Waals surface area contributed by atoms with Crippen LogP contribution in [-0.4, -0.2) is 11.8 Å². The Kier molecular flexibility index (Phi) is 4.95. The summed E-state index contributed by atoms with van der Waals surface area (Å²) in [6.45, 7) is 1.89. The van der Waals surface area contributed by atoms with Crippen LogP contribution in [0.15, 0.2) is 71.7 Å². The molecule has 1 aromatic heterocycles. The lowest BCUT2D eigenvalue weighted by Gasteiger charge is -2.17. The molecular weight excluding hydrogens is 413 g/mol. The van der Waals surface area contributed by atoms with Gasteiger partial charge in [0.2, 0.25) is 0 Å². The molecule has 0 fully saturated rings. The second kappa shape index (κ2) is 7.46. The molecule has 0 unspecified atom stereocenters. The molecule has 8 heteroatoms. The number of hydrogen-bond acceptors (Lipinski definition) is 4. The molecule has 4 nitrogen and oxygen atoms in total. The number of nitrogens with one attached hydrogen (secondary N) is 1. The molecule has 1 aliphatic rings. The summed E-state index contributed by atoms with van der Waals surface area (Å²) in [5, 5.41) is 4.76. The van der Waals surface area contributed by atoms with Gasteiger partial charge >= 0.3 is 6.18 Å². The van der Waals surface area contributed by atoms with Gasteiger partial charge in [0.15, 0.2) is 0 Å². The Morgan fingerprint density at radius 2 is 1.70 bits per heavy atom. The van der Waals surface area contributed by atoms with Crippen LogP contribution in [0.2, 0.25) is 0 Å². The van der Waals surface area contributed by atoms with Crippen LogP contribution in [0.4, 0.5) is 24.5 Å². The summed E-state index contributed by atoms with van der Waals surface area (Å²) in [4.78, 5) is 27.7. The first-order valence-corrected chi connectivity index (χ1v) is 9.81. The quantitative estimate of drug-likeness (QED) is 0.561. The minimum absolute atomic E-state index is 0.0328. The van der Waals surface area contributed by atoms with E-state index in [-0.39, 0.29) is 17.0 Å². The lowest BCUT2D eigenvalue weighted by Crippen LogP contribution is -2.32. The summed E-state index contributed by atoms with van der Waals surface area (Å²) >= 11 is 1.27. The SMILES string of the molecule is Cc1cccc(NC2=C(c3cccs3)C(=O)N(c3cccc(C(F)(F)F)c3)C2=O)c1. The summed E-state index contributed by atoms with van der Waals surface area (Å²) in [7, 11) is 0. The van der Waals surface area contributed by atoms with E-state index in [9.17, 15) is 22.8 Å². The van der Waals surface area contributed by atoms with Gasteiger partial charge in [-0.05, 0) is 54.3 Å². The molecule has 0 radical (unpaired) electrons. The van der Waals surface area contributed by atoms with E-state index >= 15 is 0 Å². The summed E-state index contributed by atoms with van der Waals surface area (Å²) in [5.41, 5.74) is 0.656. The number of hydrogen-bond donors (Lipinski definition) is 1. The minimum atomic E-state index is -4.59. The highest BCUT2D eigenvalue weighted by atomic mass is 32.1. The van der Waals surface area contributed by atoms with E-state index in [1.807, 2.05) is 19.1 Å². The molecule has 152 valence electrons. The number of halogens is 3.